The zero-order valence-electron chi connectivity index (χ0n) is 17.9. The van der Waals surface area contributed by atoms with Gasteiger partial charge in [-0.25, -0.2) is 14.6 Å². The highest BCUT2D eigenvalue weighted by Gasteiger charge is 2.37. The number of halogens is 3. The van der Waals surface area contributed by atoms with Crippen LogP contribution in [0.5, 0.6) is 0 Å². The minimum absolute atomic E-state index is 0.251. The Kier molecular flexibility index (Phi) is 5.32. The molecule has 33 heavy (non-hydrogen) atoms. The summed E-state index contributed by atoms with van der Waals surface area (Å²) in [5.41, 5.74) is 2.16. The van der Waals surface area contributed by atoms with Gasteiger partial charge in [0, 0.05) is 24.9 Å². The van der Waals surface area contributed by atoms with E-state index in [1.54, 1.807) is 35.4 Å². The molecule has 0 bridgehead atoms. The molecule has 1 aliphatic rings. The summed E-state index contributed by atoms with van der Waals surface area (Å²) in [6, 6.07) is 9.58. The Bertz CT molecular complexity index is 1300. The molecule has 9 heteroatoms. The Labute approximate surface area is 188 Å². The molecule has 1 aliphatic heterocycles. The molecule has 0 fully saturated rings. The molecule has 5 rings (SSSR count). The second-order valence-electron chi connectivity index (χ2n) is 7.98. The average Bonchev–Trinajstić information content (AvgIpc) is 3.47. The molecule has 0 unspecified atom stereocenters. The van der Waals surface area contributed by atoms with Gasteiger partial charge in [-0.2, -0.15) is 18.3 Å². The summed E-state index contributed by atoms with van der Waals surface area (Å²) in [4.78, 5) is 13.2. The molecule has 0 saturated carbocycles. The van der Waals surface area contributed by atoms with Crippen LogP contribution in [0.1, 0.15) is 52.9 Å². The number of alkyl halides is 3. The van der Waals surface area contributed by atoms with E-state index in [0.717, 1.165) is 29.6 Å². The van der Waals surface area contributed by atoms with E-state index in [1.807, 2.05) is 35.9 Å². The van der Waals surface area contributed by atoms with Crippen molar-refractivity contribution in [2.24, 2.45) is 0 Å². The van der Waals surface area contributed by atoms with Crippen LogP contribution in [-0.2, 0) is 12.7 Å². The van der Waals surface area contributed by atoms with Gasteiger partial charge in [0.15, 0.2) is 5.82 Å². The van der Waals surface area contributed by atoms with Gasteiger partial charge in [-0.05, 0) is 55.7 Å². The number of aryl methyl sites for hydroxylation is 2. The number of hydrogen-bond donors (Lipinski definition) is 0. The molecular formula is C24H21F3N6. The molecule has 1 atom stereocenters. The van der Waals surface area contributed by atoms with Crippen LogP contribution < -0.4 is 0 Å². The van der Waals surface area contributed by atoms with Crippen molar-refractivity contribution >= 4 is 12.2 Å². The predicted octanol–water partition coefficient (Wildman–Crippen LogP) is 5.28. The van der Waals surface area contributed by atoms with Crippen molar-refractivity contribution in [1.29, 1.82) is 0 Å². The van der Waals surface area contributed by atoms with Crippen LogP contribution in [0.2, 0.25) is 0 Å². The van der Waals surface area contributed by atoms with E-state index in [9.17, 15) is 13.2 Å². The SMILES string of the molecule is Cc1nc(/C=C/c2nc3n(n2)CCC[C@@H]3c2ccccc2C(F)(F)F)ccc1-n1ccnc1. The maximum Gasteiger partial charge on any atom is 0.416 e. The monoisotopic (exact) mass is 450 g/mol. The number of imidazole rings is 1. The van der Waals surface area contributed by atoms with Crippen molar-refractivity contribution in [1.82, 2.24) is 29.3 Å². The van der Waals surface area contributed by atoms with E-state index in [1.165, 1.54) is 6.07 Å². The van der Waals surface area contributed by atoms with Gasteiger partial charge in [-0.1, -0.05) is 18.2 Å². The highest BCUT2D eigenvalue weighted by molar-refractivity contribution is 5.65. The van der Waals surface area contributed by atoms with Crippen LogP contribution in [0.3, 0.4) is 0 Å². The Balaban J connectivity index is 1.43. The summed E-state index contributed by atoms with van der Waals surface area (Å²) < 4.78 is 44.3. The highest BCUT2D eigenvalue weighted by Crippen LogP contribution is 2.40. The van der Waals surface area contributed by atoms with Crippen LogP contribution in [0.15, 0.2) is 55.1 Å². The smallest absolute Gasteiger partial charge is 0.304 e. The lowest BCUT2D eigenvalue weighted by atomic mass is 9.88. The van der Waals surface area contributed by atoms with Crippen LogP contribution in [0.4, 0.5) is 13.2 Å². The first kappa shape index (κ1) is 21.1. The fourth-order valence-corrected chi connectivity index (χ4v) is 4.29. The minimum Gasteiger partial charge on any atom is -0.304 e. The fourth-order valence-electron chi connectivity index (χ4n) is 4.29. The zero-order valence-corrected chi connectivity index (χ0v) is 17.9. The summed E-state index contributed by atoms with van der Waals surface area (Å²) in [6.45, 7) is 2.56. The van der Waals surface area contributed by atoms with E-state index >= 15 is 0 Å². The van der Waals surface area contributed by atoms with E-state index in [2.05, 4.69) is 20.1 Å². The van der Waals surface area contributed by atoms with Gasteiger partial charge in [0.1, 0.15) is 5.82 Å². The number of rotatable bonds is 4. The molecule has 1 aromatic carbocycles. The zero-order chi connectivity index (χ0) is 23.0. The van der Waals surface area contributed by atoms with Crippen LogP contribution in [-0.4, -0.2) is 29.3 Å². The quantitative estimate of drug-likeness (QED) is 0.424. The number of fused-ring (bicyclic) bond motifs is 1. The maximum atomic E-state index is 13.6. The molecule has 168 valence electrons. The van der Waals surface area contributed by atoms with Crippen molar-refractivity contribution < 1.29 is 13.2 Å². The number of pyridine rings is 1. The van der Waals surface area contributed by atoms with Crippen molar-refractivity contribution in [2.45, 2.75) is 38.4 Å². The summed E-state index contributed by atoms with van der Waals surface area (Å²) in [7, 11) is 0. The first-order valence-electron chi connectivity index (χ1n) is 10.6. The van der Waals surface area contributed by atoms with Gasteiger partial charge >= 0.3 is 6.18 Å². The van der Waals surface area contributed by atoms with Gasteiger partial charge < -0.3 is 4.57 Å². The Morgan fingerprint density at radius 2 is 1.91 bits per heavy atom. The minimum atomic E-state index is -4.41. The number of benzene rings is 1. The van der Waals surface area contributed by atoms with Crippen LogP contribution in [0, 0.1) is 6.92 Å². The topological polar surface area (TPSA) is 61.4 Å². The summed E-state index contributed by atoms with van der Waals surface area (Å²) in [5.74, 6) is 0.581. The van der Waals surface area contributed by atoms with Crippen LogP contribution in [0.25, 0.3) is 17.8 Å². The summed E-state index contributed by atoms with van der Waals surface area (Å²) in [6.07, 6.45) is 5.77. The second-order valence-corrected chi connectivity index (χ2v) is 7.98. The van der Waals surface area contributed by atoms with Gasteiger partial charge in [0.05, 0.1) is 29.0 Å². The molecule has 0 amide bonds. The maximum absolute atomic E-state index is 13.6. The Morgan fingerprint density at radius 1 is 1.06 bits per heavy atom. The lowest BCUT2D eigenvalue weighted by Gasteiger charge is -2.25. The van der Waals surface area contributed by atoms with Gasteiger partial charge in [0.25, 0.3) is 0 Å². The molecule has 0 radical (unpaired) electrons. The summed E-state index contributed by atoms with van der Waals surface area (Å²) in [5, 5.41) is 4.51. The van der Waals surface area contributed by atoms with Gasteiger partial charge in [0.2, 0.25) is 0 Å². The highest BCUT2D eigenvalue weighted by atomic mass is 19.4. The number of aromatic nitrogens is 6. The van der Waals surface area contributed by atoms with Crippen LogP contribution >= 0.6 is 0 Å². The first-order valence-corrected chi connectivity index (χ1v) is 10.6. The fraction of sp³-hybridized carbons (Fsp3) is 0.250. The number of hydrogen-bond acceptors (Lipinski definition) is 4. The predicted molar refractivity (Wildman–Crippen MR) is 118 cm³/mol. The molecule has 0 aliphatic carbocycles. The number of nitrogens with zero attached hydrogens (tertiary/aromatic N) is 6. The van der Waals surface area contributed by atoms with E-state index in [-0.39, 0.29) is 5.56 Å². The molecule has 4 aromatic rings. The van der Waals surface area contributed by atoms with Crippen molar-refractivity contribution in [3.63, 3.8) is 0 Å². The van der Waals surface area contributed by atoms with Gasteiger partial charge in [-0.3, -0.25) is 4.98 Å². The van der Waals surface area contributed by atoms with E-state index < -0.39 is 17.7 Å². The lowest BCUT2D eigenvalue weighted by Crippen LogP contribution is -2.21. The van der Waals surface area contributed by atoms with Crippen molar-refractivity contribution in [3.05, 3.63) is 89.3 Å². The van der Waals surface area contributed by atoms with Crippen molar-refractivity contribution in [3.8, 4) is 5.69 Å². The van der Waals surface area contributed by atoms with Crippen molar-refractivity contribution in [2.75, 3.05) is 0 Å². The average molecular weight is 450 g/mol. The lowest BCUT2D eigenvalue weighted by molar-refractivity contribution is -0.138. The van der Waals surface area contributed by atoms with Gasteiger partial charge in [-0.15, -0.1) is 0 Å². The largest absolute Gasteiger partial charge is 0.416 e. The first-order chi connectivity index (χ1) is 15.9. The Hall–Kier alpha value is -3.75. The summed E-state index contributed by atoms with van der Waals surface area (Å²) >= 11 is 0. The molecule has 0 N–H and O–H groups in total. The third-order valence-corrected chi connectivity index (χ3v) is 5.80. The Morgan fingerprint density at radius 3 is 2.67 bits per heavy atom. The molecule has 0 spiro atoms. The molecule has 3 aromatic heterocycles. The molecule has 0 saturated heterocycles. The standard InChI is InChI=1S/C24H21F3N6/c1-16-21(32-14-12-28-15-32)10-8-17(29-16)9-11-22-30-23-19(6-4-13-33(23)31-22)18-5-2-3-7-20(18)24(25,26)27/h2-3,5,7-12,14-15,19H,4,6,13H2,1H3/b11-9+/t19-/m1/s1. The molecule has 6 nitrogen and oxygen atoms in total. The molecule has 4 heterocycles. The normalized spacial score (nSPS) is 16.3. The third-order valence-electron chi connectivity index (χ3n) is 5.80. The van der Waals surface area contributed by atoms with E-state index in [0.29, 0.717) is 24.6 Å². The van der Waals surface area contributed by atoms with E-state index in [4.69, 9.17) is 0 Å². The molecular weight excluding hydrogens is 429 g/mol. The third kappa shape index (κ3) is 4.18. The second kappa shape index (κ2) is 8.31.